The lowest BCUT2D eigenvalue weighted by Crippen LogP contribution is -2.47. The Morgan fingerprint density at radius 2 is 1.84 bits per heavy atom. The van der Waals surface area contributed by atoms with Crippen LogP contribution in [0.3, 0.4) is 0 Å². The maximum absolute atomic E-state index is 12.3. The fourth-order valence-electron chi connectivity index (χ4n) is 2.40. The van der Waals surface area contributed by atoms with Crippen molar-refractivity contribution in [1.82, 2.24) is 10.6 Å². The van der Waals surface area contributed by atoms with E-state index < -0.39 is 6.04 Å². The Morgan fingerprint density at radius 3 is 2.44 bits per heavy atom. The van der Waals surface area contributed by atoms with Gasteiger partial charge in [0.15, 0.2) is 0 Å². The number of hydrogen-bond donors (Lipinski definition) is 3. The summed E-state index contributed by atoms with van der Waals surface area (Å²) in [5.74, 6) is -0.500. The van der Waals surface area contributed by atoms with Crippen molar-refractivity contribution < 1.29 is 9.59 Å². The fourth-order valence-corrected chi connectivity index (χ4v) is 3.17. The molecule has 134 valence electrons. The number of carbonyl (C=O) groups is 2. The first kappa shape index (κ1) is 19.1. The van der Waals surface area contributed by atoms with Crippen LogP contribution in [0.25, 0.3) is 0 Å². The molecule has 5 nitrogen and oxygen atoms in total. The van der Waals surface area contributed by atoms with Gasteiger partial charge in [-0.25, -0.2) is 0 Å². The quantitative estimate of drug-likeness (QED) is 0.676. The molecule has 0 bridgehead atoms. The molecular formula is C19H25N3O2S. The van der Waals surface area contributed by atoms with E-state index in [1.165, 1.54) is 0 Å². The van der Waals surface area contributed by atoms with Crippen molar-refractivity contribution in [3.05, 3.63) is 58.3 Å². The Balaban J connectivity index is 1.95. The van der Waals surface area contributed by atoms with Gasteiger partial charge in [0.25, 0.3) is 0 Å². The van der Waals surface area contributed by atoms with Gasteiger partial charge in [0, 0.05) is 4.88 Å². The summed E-state index contributed by atoms with van der Waals surface area (Å²) in [5, 5.41) is 7.60. The van der Waals surface area contributed by atoms with Crippen molar-refractivity contribution in [2.75, 3.05) is 6.54 Å². The zero-order valence-electron chi connectivity index (χ0n) is 14.6. The molecule has 0 saturated heterocycles. The molecule has 2 amide bonds. The topological polar surface area (TPSA) is 84.2 Å². The van der Waals surface area contributed by atoms with Crippen LogP contribution < -0.4 is 16.4 Å². The highest BCUT2D eigenvalue weighted by molar-refractivity contribution is 7.10. The summed E-state index contributed by atoms with van der Waals surface area (Å²) in [4.78, 5) is 25.2. The fraction of sp³-hybridized carbons (Fsp3) is 0.368. The average molecular weight is 359 g/mol. The van der Waals surface area contributed by atoms with E-state index >= 15 is 0 Å². The molecule has 1 heterocycles. The zero-order valence-corrected chi connectivity index (χ0v) is 15.4. The molecular weight excluding hydrogens is 334 g/mol. The van der Waals surface area contributed by atoms with E-state index in [0.29, 0.717) is 6.42 Å². The number of hydrogen-bond acceptors (Lipinski definition) is 4. The van der Waals surface area contributed by atoms with Crippen molar-refractivity contribution in [2.24, 2.45) is 11.7 Å². The second-order valence-electron chi connectivity index (χ2n) is 6.31. The molecule has 1 aromatic carbocycles. The molecule has 0 saturated carbocycles. The number of rotatable bonds is 8. The van der Waals surface area contributed by atoms with Crippen LogP contribution in [-0.4, -0.2) is 24.4 Å². The molecule has 2 rings (SSSR count). The largest absolute Gasteiger partial charge is 0.347 e. The van der Waals surface area contributed by atoms with Crippen LogP contribution in [0.4, 0.5) is 0 Å². The van der Waals surface area contributed by atoms with Crippen LogP contribution >= 0.6 is 11.3 Å². The maximum Gasteiger partial charge on any atom is 0.239 e. The number of nitrogens with two attached hydrogens (primary N) is 1. The van der Waals surface area contributed by atoms with E-state index in [0.717, 1.165) is 10.4 Å². The van der Waals surface area contributed by atoms with Gasteiger partial charge >= 0.3 is 0 Å². The zero-order chi connectivity index (χ0) is 18.2. The van der Waals surface area contributed by atoms with Crippen molar-refractivity contribution in [3.8, 4) is 0 Å². The maximum atomic E-state index is 12.3. The number of benzene rings is 1. The average Bonchev–Trinajstić information content (AvgIpc) is 3.14. The Morgan fingerprint density at radius 1 is 1.12 bits per heavy atom. The lowest BCUT2D eigenvalue weighted by atomic mass is 10.0. The van der Waals surface area contributed by atoms with Crippen LogP contribution in [0.5, 0.6) is 0 Å². The predicted octanol–water partition coefficient (Wildman–Crippen LogP) is 2.25. The van der Waals surface area contributed by atoms with Gasteiger partial charge in [-0.1, -0.05) is 50.2 Å². The third kappa shape index (κ3) is 5.99. The van der Waals surface area contributed by atoms with Crippen LogP contribution in [0.1, 0.15) is 30.3 Å². The summed E-state index contributed by atoms with van der Waals surface area (Å²) in [6.07, 6.45) is 0.701. The van der Waals surface area contributed by atoms with Gasteiger partial charge in [-0.2, -0.15) is 0 Å². The first-order valence-electron chi connectivity index (χ1n) is 8.37. The van der Waals surface area contributed by atoms with Gasteiger partial charge < -0.3 is 16.4 Å². The minimum atomic E-state index is -0.606. The second-order valence-corrected chi connectivity index (χ2v) is 7.29. The third-order valence-corrected chi connectivity index (χ3v) is 4.93. The summed E-state index contributed by atoms with van der Waals surface area (Å²) in [7, 11) is 0. The number of nitrogens with one attached hydrogen (secondary N) is 2. The second kappa shape index (κ2) is 9.34. The molecule has 4 N–H and O–H groups in total. The molecule has 2 atom stereocenters. The normalized spacial score (nSPS) is 13.3. The van der Waals surface area contributed by atoms with Crippen molar-refractivity contribution in [1.29, 1.82) is 0 Å². The number of carbonyl (C=O) groups excluding carboxylic acids is 2. The van der Waals surface area contributed by atoms with Crippen LogP contribution in [0.15, 0.2) is 47.8 Å². The van der Waals surface area contributed by atoms with E-state index in [1.54, 1.807) is 11.3 Å². The van der Waals surface area contributed by atoms with Crippen molar-refractivity contribution in [3.63, 3.8) is 0 Å². The molecule has 0 aliphatic heterocycles. The van der Waals surface area contributed by atoms with E-state index in [-0.39, 0.29) is 30.3 Å². The van der Waals surface area contributed by atoms with Crippen LogP contribution in [0, 0.1) is 5.92 Å². The van der Waals surface area contributed by atoms with Gasteiger partial charge in [0.1, 0.15) is 0 Å². The van der Waals surface area contributed by atoms with Gasteiger partial charge in [0.05, 0.1) is 18.6 Å². The SMILES string of the molecule is CC(C)[C@H](N)C(=O)NCC(=O)NC(Cc1ccccc1)c1cccs1. The van der Waals surface area contributed by atoms with Crippen molar-refractivity contribution in [2.45, 2.75) is 32.4 Å². The molecule has 0 radical (unpaired) electrons. The molecule has 0 fully saturated rings. The van der Waals surface area contributed by atoms with Gasteiger partial charge in [-0.05, 0) is 29.3 Å². The van der Waals surface area contributed by atoms with E-state index in [9.17, 15) is 9.59 Å². The predicted molar refractivity (Wildman–Crippen MR) is 101 cm³/mol. The molecule has 1 unspecified atom stereocenters. The lowest BCUT2D eigenvalue weighted by Gasteiger charge is -2.19. The molecule has 6 heteroatoms. The van der Waals surface area contributed by atoms with Gasteiger partial charge in [-0.3, -0.25) is 9.59 Å². The smallest absolute Gasteiger partial charge is 0.239 e. The first-order chi connectivity index (χ1) is 12.0. The number of thiophene rings is 1. The molecule has 0 spiro atoms. The Bertz CT molecular complexity index is 671. The molecule has 1 aromatic heterocycles. The van der Waals surface area contributed by atoms with E-state index in [4.69, 9.17) is 5.73 Å². The van der Waals surface area contributed by atoms with Crippen LogP contribution in [-0.2, 0) is 16.0 Å². The monoisotopic (exact) mass is 359 g/mol. The Hall–Kier alpha value is -2.18. The summed E-state index contributed by atoms with van der Waals surface area (Å²) in [5.41, 5.74) is 6.93. The highest BCUT2D eigenvalue weighted by Crippen LogP contribution is 2.22. The third-order valence-electron chi connectivity index (χ3n) is 3.95. The molecule has 25 heavy (non-hydrogen) atoms. The van der Waals surface area contributed by atoms with Crippen LogP contribution in [0.2, 0.25) is 0 Å². The molecule has 0 aliphatic carbocycles. The lowest BCUT2D eigenvalue weighted by molar-refractivity contribution is -0.127. The summed E-state index contributed by atoms with van der Waals surface area (Å²) in [6, 6.07) is 13.3. The summed E-state index contributed by atoms with van der Waals surface area (Å²) in [6.45, 7) is 3.67. The van der Waals surface area contributed by atoms with Gasteiger partial charge in [0.2, 0.25) is 11.8 Å². The Labute approximate surface area is 152 Å². The molecule has 0 aliphatic rings. The minimum Gasteiger partial charge on any atom is -0.347 e. The first-order valence-corrected chi connectivity index (χ1v) is 9.25. The summed E-state index contributed by atoms with van der Waals surface area (Å²) >= 11 is 1.60. The summed E-state index contributed by atoms with van der Waals surface area (Å²) < 4.78 is 0. The Kier molecular flexibility index (Phi) is 7.16. The highest BCUT2D eigenvalue weighted by atomic mass is 32.1. The van der Waals surface area contributed by atoms with Gasteiger partial charge in [-0.15, -0.1) is 11.3 Å². The van der Waals surface area contributed by atoms with Crippen molar-refractivity contribution >= 4 is 23.2 Å². The van der Waals surface area contributed by atoms with E-state index in [1.807, 2.05) is 61.7 Å². The standard InChI is InChI=1S/C19H25N3O2S/c1-13(2)18(20)19(24)21-12-17(23)22-15(16-9-6-10-25-16)11-14-7-4-3-5-8-14/h3-10,13,15,18H,11-12,20H2,1-2H3,(H,21,24)(H,22,23)/t15?,18-/m0/s1. The molecule has 2 aromatic rings. The minimum absolute atomic E-state index is 0.0278. The van der Waals surface area contributed by atoms with E-state index in [2.05, 4.69) is 10.6 Å². The number of amides is 2. The highest BCUT2D eigenvalue weighted by Gasteiger charge is 2.20.